The minimum Gasteiger partial charge on any atom is -0.351 e. The van der Waals surface area contributed by atoms with Crippen LogP contribution in [0.4, 0.5) is 10.5 Å². The molecule has 0 spiro atoms. The van der Waals surface area contributed by atoms with Crippen molar-refractivity contribution in [1.82, 2.24) is 0 Å². The standard InChI is InChI=1S/C10H14N2O/c1-2-3-8-4-6-9(7-5-8)12-10(11)13/h4-7H,2-3H2,1H3,(H3,11,12,13). The Morgan fingerprint density at radius 1 is 1.38 bits per heavy atom. The van der Waals surface area contributed by atoms with E-state index in [1.54, 1.807) is 0 Å². The molecular formula is C10H14N2O. The van der Waals surface area contributed by atoms with Gasteiger partial charge in [-0.15, -0.1) is 0 Å². The van der Waals surface area contributed by atoms with Crippen LogP contribution in [0, 0.1) is 0 Å². The van der Waals surface area contributed by atoms with Gasteiger partial charge in [0.15, 0.2) is 0 Å². The molecule has 3 heteroatoms. The van der Waals surface area contributed by atoms with Gasteiger partial charge in [-0.2, -0.15) is 0 Å². The predicted octanol–water partition coefficient (Wildman–Crippen LogP) is 2.13. The van der Waals surface area contributed by atoms with Crippen molar-refractivity contribution in [2.24, 2.45) is 5.73 Å². The number of rotatable bonds is 3. The Morgan fingerprint density at radius 2 is 2.00 bits per heavy atom. The number of benzene rings is 1. The highest BCUT2D eigenvalue weighted by molar-refractivity contribution is 5.87. The Hall–Kier alpha value is -1.51. The number of anilines is 1. The number of hydrogen-bond donors (Lipinski definition) is 2. The van der Waals surface area contributed by atoms with Crippen LogP contribution in [0.25, 0.3) is 0 Å². The number of urea groups is 1. The molecule has 0 aliphatic carbocycles. The zero-order chi connectivity index (χ0) is 9.68. The maximum atomic E-state index is 10.5. The van der Waals surface area contributed by atoms with Crippen LogP contribution in [0.3, 0.4) is 0 Å². The molecule has 0 saturated carbocycles. The highest BCUT2D eigenvalue weighted by Gasteiger charge is 1.95. The molecule has 0 aliphatic heterocycles. The van der Waals surface area contributed by atoms with Crippen molar-refractivity contribution in [2.45, 2.75) is 19.8 Å². The minimum absolute atomic E-state index is 0.525. The molecular weight excluding hydrogens is 164 g/mol. The maximum Gasteiger partial charge on any atom is 0.316 e. The second-order valence-corrected chi connectivity index (χ2v) is 2.94. The quantitative estimate of drug-likeness (QED) is 0.731. The lowest BCUT2D eigenvalue weighted by Gasteiger charge is -2.02. The second-order valence-electron chi connectivity index (χ2n) is 2.94. The summed E-state index contributed by atoms with van der Waals surface area (Å²) in [5.74, 6) is 0. The second kappa shape index (κ2) is 4.50. The third-order valence-electron chi connectivity index (χ3n) is 1.76. The number of aryl methyl sites for hydroxylation is 1. The molecule has 3 N–H and O–H groups in total. The van der Waals surface area contributed by atoms with Crippen molar-refractivity contribution in [2.75, 3.05) is 5.32 Å². The zero-order valence-electron chi connectivity index (χ0n) is 7.71. The van der Waals surface area contributed by atoms with Crippen molar-refractivity contribution in [3.63, 3.8) is 0 Å². The lowest BCUT2D eigenvalue weighted by atomic mass is 10.1. The molecule has 1 aromatic rings. The van der Waals surface area contributed by atoms with E-state index in [0.29, 0.717) is 0 Å². The Morgan fingerprint density at radius 3 is 2.46 bits per heavy atom. The topological polar surface area (TPSA) is 55.1 Å². The van der Waals surface area contributed by atoms with E-state index in [-0.39, 0.29) is 0 Å². The summed E-state index contributed by atoms with van der Waals surface area (Å²) < 4.78 is 0. The molecule has 2 amide bonds. The van der Waals surface area contributed by atoms with Crippen LogP contribution in [0.2, 0.25) is 0 Å². The van der Waals surface area contributed by atoms with Gasteiger partial charge < -0.3 is 11.1 Å². The summed E-state index contributed by atoms with van der Waals surface area (Å²) in [6, 6.07) is 7.18. The molecule has 13 heavy (non-hydrogen) atoms. The van der Waals surface area contributed by atoms with E-state index < -0.39 is 6.03 Å². The van der Waals surface area contributed by atoms with Crippen LogP contribution in [-0.4, -0.2) is 6.03 Å². The molecule has 0 heterocycles. The van der Waals surface area contributed by atoms with Gasteiger partial charge in [-0.1, -0.05) is 25.5 Å². The summed E-state index contributed by atoms with van der Waals surface area (Å²) >= 11 is 0. The van der Waals surface area contributed by atoms with Crippen LogP contribution < -0.4 is 11.1 Å². The van der Waals surface area contributed by atoms with Gasteiger partial charge in [0.1, 0.15) is 0 Å². The number of nitrogens with two attached hydrogens (primary N) is 1. The Balaban J connectivity index is 2.64. The summed E-state index contributed by atoms with van der Waals surface area (Å²) in [7, 11) is 0. The largest absolute Gasteiger partial charge is 0.351 e. The number of primary amides is 1. The van der Waals surface area contributed by atoms with E-state index >= 15 is 0 Å². The first-order valence-electron chi connectivity index (χ1n) is 4.37. The third-order valence-corrected chi connectivity index (χ3v) is 1.76. The first-order chi connectivity index (χ1) is 6.22. The first-order valence-corrected chi connectivity index (χ1v) is 4.37. The van der Waals surface area contributed by atoms with Crippen molar-refractivity contribution >= 4 is 11.7 Å². The molecule has 0 aromatic heterocycles. The lowest BCUT2D eigenvalue weighted by molar-refractivity contribution is 0.259. The number of carbonyl (C=O) groups excluding carboxylic acids is 1. The number of hydrogen-bond acceptors (Lipinski definition) is 1. The highest BCUT2D eigenvalue weighted by Crippen LogP contribution is 2.10. The number of carbonyl (C=O) groups is 1. The summed E-state index contributed by atoms with van der Waals surface area (Å²) in [4.78, 5) is 10.5. The summed E-state index contributed by atoms with van der Waals surface area (Å²) in [6.45, 7) is 2.13. The van der Waals surface area contributed by atoms with Crippen molar-refractivity contribution in [1.29, 1.82) is 0 Å². The molecule has 0 radical (unpaired) electrons. The van der Waals surface area contributed by atoms with Crippen molar-refractivity contribution in [3.05, 3.63) is 29.8 Å². The average molecular weight is 178 g/mol. The Kier molecular flexibility index (Phi) is 3.31. The van der Waals surface area contributed by atoms with Gasteiger partial charge in [0.2, 0.25) is 0 Å². The van der Waals surface area contributed by atoms with Gasteiger partial charge in [0.05, 0.1) is 0 Å². The van der Waals surface area contributed by atoms with Crippen molar-refractivity contribution in [3.8, 4) is 0 Å². The van der Waals surface area contributed by atoms with E-state index in [4.69, 9.17) is 5.73 Å². The summed E-state index contributed by atoms with van der Waals surface area (Å²) in [5, 5.41) is 2.51. The molecule has 0 unspecified atom stereocenters. The smallest absolute Gasteiger partial charge is 0.316 e. The van der Waals surface area contributed by atoms with E-state index in [1.165, 1.54) is 5.56 Å². The van der Waals surface area contributed by atoms with Crippen LogP contribution >= 0.6 is 0 Å². The van der Waals surface area contributed by atoms with Gasteiger partial charge in [-0.3, -0.25) is 0 Å². The predicted molar refractivity (Wildman–Crippen MR) is 53.6 cm³/mol. The van der Waals surface area contributed by atoms with Gasteiger partial charge in [0.25, 0.3) is 0 Å². The van der Waals surface area contributed by atoms with Crippen LogP contribution in [-0.2, 0) is 6.42 Å². The normalized spacial score (nSPS) is 9.62. The van der Waals surface area contributed by atoms with Gasteiger partial charge in [0, 0.05) is 5.69 Å². The van der Waals surface area contributed by atoms with Gasteiger partial charge in [-0.05, 0) is 24.1 Å². The van der Waals surface area contributed by atoms with Gasteiger partial charge >= 0.3 is 6.03 Å². The molecule has 0 saturated heterocycles. The van der Waals surface area contributed by atoms with E-state index in [2.05, 4.69) is 12.2 Å². The fourth-order valence-corrected chi connectivity index (χ4v) is 1.19. The third kappa shape index (κ3) is 3.15. The van der Waals surface area contributed by atoms with E-state index in [9.17, 15) is 4.79 Å². The lowest BCUT2D eigenvalue weighted by Crippen LogP contribution is -2.19. The van der Waals surface area contributed by atoms with E-state index in [0.717, 1.165) is 18.5 Å². The molecule has 0 bridgehead atoms. The first kappa shape index (κ1) is 9.58. The van der Waals surface area contributed by atoms with Crippen LogP contribution in [0.1, 0.15) is 18.9 Å². The fourth-order valence-electron chi connectivity index (χ4n) is 1.19. The van der Waals surface area contributed by atoms with E-state index in [1.807, 2.05) is 24.3 Å². The Bertz CT molecular complexity index is 279. The monoisotopic (exact) mass is 178 g/mol. The molecule has 70 valence electrons. The summed E-state index contributed by atoms with van der Waals surface area (Å²) in [6.07, 6.45) is 2.19. The molecule has 0 atom stereocenters. The minimum atomic E-state index is -0.525. The number of nitrogens with one attached hydrogen (secondary N) is 1. The molecule has 0 fully saturated rings. The van der Waals surface area contributed by atoms with Crippen LogP contribution in [0.5, 0.6) is 0 Å². The number of amides is 2. The van der Waals surface area contributed by atoms with Gasteiger partial charge in [-0.25, -0.2) is 4.79 Å². The molecule has 3 nitrogen and oxygen atoms in total. The maximum absolute atomic E-state index is 10.5. The molecule has 1 rings (SSSR count). The zero-order valence-corrected chi connectivity index (χ0v) is 7.71. The SMILES string of the molecule is CCCc1ccc(NC(N)=O)cc1. The molecule has 1 aromatic carbocycles. The average Bonchev–Trinajstić information content (AvgIpc) is 2.08. The van der Waals surface area contributed by atoms with Crippen LogP contribution in [0.15, 0.2) is 24.3 Å². The Labute approximate surface area is 77.9 Å². The highest BCUT2D eigenvalue weighted by atomic mass is 16.2. The fraction of sp³-hybridized carbons (Fsp3) is 0.300. The molecule has 0 aliphatic rings. The summed E-state index contributed by atoms with van der Waals surface area (Å²) in [5.41, 5.74) is 6.99. The van der Waals surface area contributed by atoms with Crippen molar-refractivity contribution < 1.29 is 4.79 Å².